The molecule has 0 fully saturated rings. The molecule has 0 bridgehead atoms. The molecule has 0 heterocycles. The molecular weight excluding hydrogens is 369 g/mol. The molecule has 0 saturated carbocycles. The predicted octanol–water partition coefficient (Wildman–Crippen LogP) is 2.87. The van der Waals surface area contributed by atoms with Crippen LogP contribution >= 0.6 is 0 Å². The van der Waals surface area contributed by atoms with Gasteiger partial charge in [0.2, 0.25) is 0 Å². The molecule has 0 aliphatic heterocycles. The topological polar surface area (TPSA) is 101 Å². The Balaban J connectivity index is 2.19. The number of hydrogen-bond donors (Lipinski definition) is 3. The first-order chi connectivity index (χ1) is 12.7. The van der Waals surface area contributed by atoms with Gasteiger partial charge >= 0.3 is 0 Å². The molecular formula is C19H24FN3O3S. The number of para-hydroxylation sites is 1. The van der Waals surface area contributed by atoms with Gasteiger partial charge in [0, 0.05) is 17.6 Å². The third-order valence-corrected chi connectivity index (χ3v) is 5.90. The summed E-state index contributed by atoms with van der Waals surface area (Å²) in [7, 11) is -4.04. The van der Waals surface area contributed by atoms with E-state index in [0.29, 0.717) is 12.8 Å². The number of anilines is 1. The molecule has 8 heteroatoms. The summed E-state index contributed by atoms with van der Waals surface area (Å²) in [5.74, 6) is -1.11. The standard InChI is InChI=1S/C19H24FN3O3S/c1-3-19(21,4-2)13-22-18(24)14-8-7-9-15(12-14)27(25,26)23-17-11-6-5-10-16(17)20/h5-12,23H,3-4,13,21H2,1-2H3,(H,22,24). The Kier molecular flexibility index (Phi) is 6.56. The minimum Gasteiger partial charge on any atom is -0.350 e. The van der Waals surface area contributed by atoms with Crippen LogP contribution in [0.1, 0.15) is 37.0 Å². The summed E-state index contributed by atoms with van der Waals surface area (Å²) >= 11 is 0. The highest BCUT2D eigenvalue weighted by Crippen LogP contribution is 2.19. The first-order valence-electron chi connectivity index (χ1n) is 8.65. The normalized spacial score (nSPS) is 11.9. The minimum absolute atomic E-state index is 0.136. The van der Waals surface area contributed by atoms with Crippen molar-refractivity contribution in [1.82, 2.24) is 5.32 Å². The largest absolute Gasteiger partial charge is 0.350 e. The SMILES string of the molecule is CCC(N)(CC)CNC(=O)c1cccc(S(=O)(=O)Nc2ccccc2F)c1. The zero-order valence-electron chi connectivity index (χ0n) is 15.3. The van der Waals surface area contributed by atoms with Crippen molar-refractivity contribution in [3.05, 3.63) is 59.9 Å². The van der Waals surface area contributed by atoms with E-state index in [4.69, 9.17) is 5.73 Å². The quantitative estimate of drug-likeness (QED) is 0.642. The molecule has 4 N–H and O–H groups in total. The molecule has 0 aromatic heterocycles. The van der Waals surface area contributed by atoms with Crippen molar-refractivity contribution in [2.75, 3.05) is 11.3 Å². The fourth-order valence-electron chi connectivity index (χ4n) is 2.41. The zero-order chi connectivity index (χ0) is 20.1. The van der Waals surface area contributed by atoms with Crippen LogP contribution in [0.5, 0.6) is 0 Å². The van der Waals surface area contributed by atoms with Crippen LogP contribution in [0.4, 0.5) is 10.1 Å². The lowest BCUT2D eigenvalue weighted by molar-refractivity contribution is 0.0942. The molecule has 146 valence electrons. The van der Waals surface area contributed by atoms with E-state index >= 15 is 0 Å². The maximum absolute atomic E-state index is 13.7. The van der Waals surface area contributed by atoms with Gasteiger partial charge in [-0.2, -0.15) is 0 Å². The number of amides is 1. The Morgan fingerprint density at radius 3 is 2.41 bits per heavy atom. The van der Waals surface area contributed by atoms with Crippen molar-refractivity contribution in [2.45, 2.75) is 37.1 Å². The highest BCUT2D eigenvalue weighted by molar-refractivity contribution is 7.92. The van der Waals surface area contributed by atoms with Gasteiger partial charge in [-0.1, -0.05) is 32.0 Å². The van der Waals surface area contributed by atoms with E-state index in [0.717, 1.165) is 6.07 Å². The average molecular weight is 393 g/mol. The minimum atomic E-state index is -4.04. The summed E-state index contributed by atoms with van der Waals surface area (Å²) in [5.41, 5.74) is 5.68. The lowest BCUT2D eigenvalue weighted by atomic mass is 9.94. The van der Waals surface area contributed by atoms with Gasteiger partial charge in [-0.15, -0.1) is 0 Å². The number of carbonyl (C=O) groups is 1. The van der Waals surface area contributed by atoms with Gasteiger partial charge in [-0.3, -0.25) is 9.52 Å². The van der Waals surface area contributed by atoms with Gasteiger partial charge in [0.1, 0.15) is 5.82 Å². The van der Waals surface area contributed by atoms with E-state index in [1.807, 2.05) is 13.8 Å². The number of nitrogens with one attached hydrogen (secondary N) is 2. The van der Waals surface area contributed by atoms with Crippen molar-refractivity contribution in [2.24, 2.45) is 5.73 Å². The molecule has 0 saturated heterocycles. The van der Waals surface area contributed by atoms with Crippen LogP contribution in [0, 0.1) is 5.82 Å². The molecule has 0 spiro atoms. The second-order valence-corrected chi connectivity index (χ2v) is 8.05. The van der Waals surface area contributed by atoms with Gasteiger partial charge in [0.15, 0.2) is 0 Å². The number of hydrogen-bond acceptors (Lipinski definition) is 4. The summed E-state index contributed by atoms with van der Waals surface area (Å²) in [6, 6.07) is 11.0. The number of rotatable bonds is 8. The van der Waals surface area contributed by atoms with Gasteiger partial charge in [-0.05, 0) is 43.2 Å². The molecule has 2 aromatic carbocycles. The Morgan fingerprint density at radius 2 is 1.78 bits per heavy atom. The molecule has 0 unspecified atom stereocenters. The van der Waals surface area contributed by atoms with Gasteiger partial charge in [0.05, 0.1) is 10.6 Å². The Bertz CT molecular complexity index is 912. The highest BCUT2D eigenvalue weighted by Gasteiger charge is 2.22. The van der Waals surface area contributed by atoms with E-state index in [9.17, 15) is 17.6 Å². The second kappa shape index (κ2) is 8.49. The third kappa shape index (κ3) is 5.27. The van der Waals surface area contributed by atoms with Gasteiger partial charge in [0.25, 0.3) is 15.9 Å². The van der Waals surface area contributed by atoms with E-state index in [2.05, 4.69) is 10.0 Å². The summed E-state index contributed by atoms with van der Waals surface area (Å²) in [6.07, 6.45) is 1.40. The lowest BCUT2D eigenvalue weighted by Gasteiger charge is -2.26. The number of halogens is 1. The first-order valence-corrected chi connectivity index (χ1v) is 10.1. The van der Waals surface area contributed by atoms with Crippen molar-refractivity contribution in [3.63, 3.8) is 0 Å². The molecule has 2 aromatic rings. The molecule has 0 aliphatic rings. The smallest absolute Gasteiger partial charge is 0.262 e. The van der Waals surface area contributed by atoms with Crippen molar-refractivity contribution in [3.8, 4) is 0 Å². The van der Waals surface area contributed by atoms with Crippen molar-refractivity contribution >= 4 is 21.6 Å². The predicted molar refractivity (Wildman–Crippen MR) is 103 cm³/mol. The van der Waals surface area contributed by atoms with Gasteiger partial charge in [-0.25, -0.2) is 12.8 Å². The van der Waals surface area contributed by atoms with Gasteiger partial charge < -0.3 is 11.1 Å². The molecule has 0 aliphatic carbocycles. The molecule has 27 heavy (non-hydrogen) atoms. The highest BCUT2D eigenvalue weighted by atomic mass is 32.2. The number of sulfonamides is 1. The fourth-order valence-corrected chi connectivity index (χ4v) is 3.52. The van der Waals surface area contributed by atoms with Crippen LogP contribution in [-0.4, -0.2) is 26.4 Å². The van der Waals surface area contributed by atoms with Crippen LogP contribution in [0.2, 0.25) is 0 Å². The van der Waals surface area contributed by atoms with E-state index in [1.54, 1.807) is 0 Å². The number of nitrogens with two attached hydrogens (primary N) is 1. The van der Waals surface area contributed by atoms with E-state index in [-0.39, 0.29) is 22.7 Å². The van der Waals surface area contributed by atoms with Crippen molar-refractivity contribution < 1.29 is 17.6 Å². The Morgan fingerprint density at radius 1 is 1.11 bits per heavy atom. The van der Waals surface area contributed by atoms with Crippen LogP contribution in [0.15, 0.2) is 53.4 Å². The molecule has 0 atom stereocenters. The first kappa shape index (κ1) is 20.9. The van der Waals surface area contributed by atoms with Crippen LogP contribution in [0.3, 0.4) is 0 Å². The fraction of sp³-hybridized carbons (Fsp3) is 0.316. The Labute approximate surface area is 159 Å². The molecule has 0 radical (unpaired) electrons. The maximum atomic E-state index is 13.7. The number of benzene rings is 2. The second-order valence-electron chi connectivity index (χ2n) is 6.37. The summed E-state index contributed by atoms with van der Waals surface area (Å²) in [5, 5.41) is 2.74. The van der Waals surface area contributed by atoms with Crippen molar-refractivity contribution in [1.29, 1.82) is 0 Å². The van der Waals surface area contributed by atoms with E-state index < -0.39 is 27.3 Å². The molecule has 2 rings (SSSR count). The zero-order valence-corrected chi connectivity index (χ0v) is 16.1. The number of carbonyl (C=O) groups excluding carboxylic acids is 1. The Hall–Kier alpha value is -2.45. The summed E-state index contributed by atoms with van der Waals surface area (Å²) in [4.78, 5) is 12.2. The lowest BCUT2D eigenvalue weighted by Crippen LogP contribution is -2.49. The molecule has 1 amide bonds. The monoisotopic (exact) mass is 393 g/mol. The van der Waals surface area contributed by atoms with Crippen LogP contribution < -0.4 is 15.8 Å². The average Bonchev–Trinajstić information content (AvgIpc) is 2.67. The van der Waals surface area contributed by atoms with Crippen LogP contribution in [0.25, 0.3) is 0 Å². The third-order valence-electron chi connectivity index (χ3n) is 4.53. The molecule has 6 nitrogen and oxygen atoms in total. The maximum Gasteiger partial charge on any atom is 0.262 e. The van der Waals surface area contributed by atoms with Crippen LogP contribution in [-0.2, 0) is 10.0 Å². The summed E-state index contributed by atoms with van der Waals surface area (Å²) < 4.78 is 40.9. The summed E-state index contributed by atoms with van der Waals surface area (Å²) in [6.45, 7) is 4.16. The van der Waals surface area contributed by atoms with E-state index in [1.165, 1.54) is 42.5 Å².